The molecule has 0 unspecified atom stereocenters. The summed E-state index contributed by atoms with van der Waals surface area (Å²) in [5.74, 6) is 1.83. The second kappa shape index (κ2) is 4.18. The Labute approximate surface area is 126 Å². The van der Waals surface area contributed by atoms with Crippen LogP contribution in [0.25, 0.3) is 0 Å². The number of Topliss-reactive ketones (excluding diaryl/α,β-unsaturated/α-hetero) is 1. The van der Waals surface area contributed by atoms with Gasteiger partial charge < -0.3 is 0 Å². The summed E-state index contributed by atoms with van der Waals surface area (Å²) in [7, 11) is 0. The summed E-state index contributed by atoms with van der Waals surface area (Å²) in [5, 5.41) is 0. The van der Waals surface area contributed by atoms with Crippen molar-refractivity contribution >= 4 is 11.6 Å². The van der Waals surface area contributed by atoms with Crippen molar-refractivity contribution in [2.75, 3.05) is 0 Å². The zero-order valence-corrected chi connectivity index (χ0v) is 13.0. The molecule has 0 spiro atoms. The van der Waals surface area contributed by atoms with Crippen molar-refractivity contribution < 1.29 is 9.59 Å². The molecule has 4 rings (SSSR count). The molecule has 0 bridgehead atoms. The zero-order chi connectivity index (χ0) is 14.8. The van der Waals surface area contributed by atoms with Crippen LogP contribution in [0, 0.1) is 28.6 Å². The molecule has 112 valence electrons. The standard InChI is InChI=1S/C19H24O2/c1-18-9-4-6-13(18)12-11-16(20)15-5-3-7-17(21)19(15,2)14(12)8-10-18/h3,5,7,12-14H,4,6,8-11H2,1-2H3/t12-,13-,14-,18-,19+/m0/s1. The van der Waals surface area contributed by atoms with Crippen LogP contribution in [0.5, 0.6) is 0 Å². The van der Waals surface area contributed by atoms with Crippen LogP contribution in [0.3, 0.4) is 0 Å². The molecule has 4 aliphatic carbocycles. The lowest BCUT2D eigenvalue weighted by molar-refractivity contribution is -0.139. The molecular weight excluding hydrogens is 260 g/mol. The second-order valence-electron chi connectivity index (χ2n) is 8.10. The van der Waals surface area contributed by atoms with E-state index >= 15 is 0 Å². The highest BCUT2D eigenvalue weighted by Gasteiger charge is 2.59. The molecule has 0 radical (unpaired) electrons. The Balaban J connectivity index is 1.79. The van der Waals surface area contributed by atoms with Gasteiger partial charge in [0.2, 0.25) is 0 Å². The summed E-state index contributed by atoms with van der Waals surface area (Å²) in [5.41, 5.74) is 0.670. The van der Waals surface area contributed by atoms with Crippen molar-refractivity contribution in [2.45, 2.75) is 52.4 Å². The molecule has 2 nitrogen and oxygen atoms in total. The normalized spacial score (nSPS) is 48.5. The number of carbonyl (C=O) groups is 2. The number of hydrogen-bond acceptors (Lipinski definition) is 2. The van der Waals surface area contributed by atoms with Gasteiger partial charge in [0.1, 0.15) is 0 Å². The molecular formula is C19H24O2. The summed E-state index contributed by atoms with van der Waals surface area (Å²) < 4.78 is 0. The summed E-state index contributed by atoms with van der Waals surface area (Å²) in [6, 6.07) is 0. The summed E-state index contributed by atoms with van der Waals surface area (Å²) in [4.78, 5) is 25.3. The van der Waals surface area contributed by atoms with E-state index in [2.05, 4.69) is 6.92 Å². The van der Waals surface area contributed by atoms with Crippen molar-refractivity contribution in [3.05, 3.63) is 23.8 Å². The Hall–Kier alpha value is -1.18. The molecule has 0 heterocycles. The molecule has 3 fully saturated rings. The Kier molecular flexibility index (Phi) is 2.68. The predicted octanol–water partition coefficient (Wildman–Crippen LogP) is 3.86. The third-order valence-electron chi connectivity index (χ3n) is 7.26. The highest BCUT2D eigenvalue weighted by molar-refractivity contribution is 6.10. The maximum absolute atomic E-state index is 12.7. The highest BCUT2D eigenvalue weighted by atomic mass is 16.1. The molecule has 0 aromatic carbocycles. The lowest BCUT2D eigenvalue weighted by atomic mass is 9.47. The molecule has 5 atom stereocenters. The highest BCUT2D eigenvalue weighted by Crippen LogP contribution is 2.63. The molecule has 0 aromatic rings. The maximum Gasteiger partial charge on any atom is 0.166 e. The van der Waals surface area contributed by atoms with Gasteiger partial charge in [-0.15, -0.1) is 0 Å². The average Bonchev–Trinajstić information content (AvgIpc) is 2.83. The van der Waals surface area contributed by atoms with E-state index in [0.29, 0.717) is 29.6 Å². The minimum absolute atomic E-state index is 0.157. The summed E-state index contributed by atoms with van der Waals surface area (Å²) >= 11 is 0. The van der Waals surface area contributed by atoms with Gasteiger partial charge >= 0.3 is 0 Å². The van der Waals surface area contributed by atoms with E-state index in [0.717, 1.165) is 12.0 Å². The second-order valence-corrected chi connectivity index (χ2v) is 8.10. The van der Waals surface area contributed by atoms with Crippen LogP contribution in [0.2, 0.25) is 0 Å². The first-order valence-corrected chi connectivity index (χ1v) is 8.43. The largest absolute Gasteiger partial charge is 0.295 e. The molecule has 0 amide bonds. The van der Waals surface area contributed by atoms with E-state index in [-0.39, 0.29) is 11.6 Å². The fourth-order valence-corrected chi connectivity index (χ4v) is 6.08. The minimum atomic E-state index is -0.543. The molecule has 3 saturated carbocycles. The third-order valence-corrected chi connectivity index (χ3v) is 7.26. The van der Waals surface area contributed by atoms with Gasteiger partial charge in [0.15, 0.2) is 11.6 Å². The van der Waals surface area contributed by atoms with Gasteiger partial charge in [0.05, 0.1) is 5.41 Å². The number of ketones is 2. The fraction of sp³-hybridized carbons (Fsp3) is 0.684. The Bertz CT molecular complexity index is 584. The molecule has 0 aliphatic heterocycles. The van der Waals surface area contributed by atoms with Gasteiger partial charge in [-0.25, -0.2) is 0 Å². The zero-order valence-electron chi connectivity index (χ0n) is 13.0. The fourth-order valence-electron chi connectivity index (χ4n) is 6.08. The van der Waals surface area contributed by atoms with Gasteiger partial charge in [-0.2, -0.15) is 0 Å². The SMILES string of the molecule is C[C@@]12CCC[C@H]1[C@@H]1CC(=O)C3=CC=CC(=O)[C@]3(C)[C@H]1CC2. The van der Waals surface area contributed by atoms with Crippen LogP contribution < -0.4 is 0 Å². The monoisotopic (exact) mass is 284 g/mol. The van der Waals surface area contributed by atoms with Gasteiger partial charge in [-0.05, 0) is 61.9 Å². The number of rotatable bonds is 0. The van der Waals surface area contributed by atoms with Crippen molar-refractivity contribution in [3.8, 4) is 0 Å². The quantitative estimate of drug-likeness (QED) is 0.677. The van der Waals surface area contributed by atoms with E-state index in [9.17, 15) is 9.59 Å². The Morgan fingerprint density at radius 3 is 2.71 bits per heavy atom. The third kappa shape index (κ3) is 1.59. The van der Waals surface area contributed by atoms with E-state index in [1.54, 1.807) is 12.2 Å². The van der Waals surface area contributed by atoms with Gasteiger partial charge in [-0.1, -0.05) is 25.5 Å². The summed E-state index contributed by atoms with van der Waals surface area (Å²) in [6.45, 7) is 4.46. The lowest BCUT2D eigenvalue weighted by Crippen LogP contribution is -2.54. The van der Waals surface area contributed by atoms with E-state index in [1.807, 2.05) is 13.0 Å². The molecule has 2 heteroatoms. The molecule has 0 aromatic heterocycles. The van der Waals surface area contributed by atoms with Crippen LogP contribution in [-0.2, 0) is 9.59 Å². The first-order valence-electron chi connectivity index (χ1n) is 8.43. The lowest BCUT2D eigenvalue weighted by Gasteiger charge is -2.55. The maximum atomic E-state index is 12.7. The minimum Gasteiger partial charge on any atom is -0.295 e. The molecule has 0 N–H and O–H groups in total. The van der Waals surface area contributed by atoms with Gasteiger partial charge in [-0.3, -0.25) is 9.59 Å². The van der Waals surface area contributed by atoms with Crippen LogP contribution in [0.15, 0.2) is 23.8 Å². The van der Waals surface area contributed by atoms with E-state index < -0.39 is 5.41 Å². The average molecular weight is 284 g/mol. The number of fused-ring (bicyclic) bond motifs is 5. The first kappa shape index (κ1) is 13.5. The van der Waals surface area contributed by atoms with Crippen molar-refractivity contribution in [1.82, 2.24) is 0 Å². The van der Waals surface area contributed by atoms with Gasteiger partial charge in [0, 0.05) is 12.0 Å². The van der Waals surface area contributed by atoms with Crippen LogP contribution >= 0.6 is 0 Å². The first-order chi connectivity index (χ1) is 9.97. The van der Waals surface area contributed by atoms with Crippen LogP contribution in [0.1, 0.15) is 52.4 Å². The van der Waals surface area contributed by atoms with Gasteiger partial charge in [0.25, 0.3) is 0 Å². The smallest absolute Gasteiger partial charge is 0.166 e. The van der Waals surface area contributed by atoms with Crippen molar-refractivity contribution in [2.24, 2.45) is 28.6 Å². The predicted molar refractivity (Wildman–Crippen MR) is 81.6 cm³/mol. The summed E-state index contributed by atoms with van der Waals surface area (Å²) in [6.07, 6.45) is 12.2. The molecule has 4 aliphatic rings. The Morgan fingerprint density at radius 1 is 1.10 bits per heavy atom. The Morgan fingerprint density at radius 2 is 1.90 bits per heavy atom. The molecule has 0 saturated heterocycles. The van der Waals surface area contributed by atoms with E-state index in [1.165, 1.54) is 25.7 Å². The molecule has 21 heavy (non-hydrogen) atoms. The van der Waals surface area contributed by atoms with Crippen LogP contribution in [0.4, 0.5) is 0 Å². The van der Waals surface area contributed by atoms with Crippen molar-refractivity contribution in [3.63, 3.8) is 0 Å². The van der Waals surface area contributed by atoms with Crippen LogP contribution in [-0.4, -0.2) is 11.6 Å². The van der Waals surface area contributed by atoms with E-state index in [4.69, 9.17) is 0 Å². The van der Waals surface area contributed by atoms with Crippen molar-refractivity contribution in [1.29, 1.82) is 0 Å². The number of carbonyl (C=O) groups excluding carboxylic acids is 2. The number of allylic oxidation sites excluding steroid dienone is 4. The number of hydrogen-bond donors (Lipinski definition) is 0. The topological polar surface area (TPSA) is 34.1 Å².